The van der Waals surface area contributed by atoms with Gasteiger partial charge in [-0.2, -0.15) is 5.26 Å². The maximum Gasteiger partial charge on any atom is 0.131 e. The molecular weight excluding hydrogens is 259 g/mol. The Morgan fingerprint density at radius 3 is 2.74 bits per heavy atom. The Hall–Kier alpha value is -2.25. The smallest absolute Gasteiger partial charge is 0.131 e. The highest BCUT2D eigenvalue weighted by atomic mass is 32.1. The largest absolute Gasteiger partial charge is 0.240 e. The Kier molecular flexibility index (Phi) is 2.98. The minimum atomic E-state index is -0.229. The van der Waals surface area contributed by atoms with Crippen LogP contribution in [0.25, 0.3) is 21.3 Å². The molecule has 0 aliphatic rings. The van der Waals surface area contributed by atoms with E-state index in [1.165, 1.54) is 17.4 Å². The Balaban J connectivity index is 2.19. The van der Waals surface area contributed by atoms with E-state index in [4.69, 9.17) is 5.26 Å². The second-order valence-electron chi connectivity index (χ2n) is 4.12. The van der Waals surface area contributed by atoms with Gasteiger partial charge in [-0.1, -0.05) is 24.3 Å². The summed E-state index contributed by atoms with van der Waals surface area (Å²) < 4.78 is 13.7. The maximum absolute atomic E-state index is 13.7. The summed E-state index contributed by atoms with van der Waals surface area (Å²) in [4.78, 5) is 4.42. The second-order valence-corrected chi connectivity index (χ2v) is 4.98. The summed E-state index contributed by atoms with van der Waals surface area (Å²) in [6, 6.07) is 12.6. The molecule has 4 heteroatoms. The van der Waals surface area contributed by atoms with E-state index in [0.29, 0.717) is 11.8 Å². The SMILES string of the molecule is N#CCc1csc(-c2ccc(F)c3ccccc23)n1. The van der Waals surface area contributed by atoms with Crippen LogP contribution in [-0.2, 0) is 6.42 Å². The van der Waals surface area contributed by atoms with Gasteiger partial charge in [0.2, 0.25) is 0 Å². The lowest BCUT2D eigenvalue weighted by molar-refractivity contribution is 0.640. The zero-order chi connectivity index (χ0) is 13.2. The molecule has 2 nitrogen and oxygen atoms in total. The number of aromatic nitrogens is 1. The third-order valence-electron chi connectivity index (χ3n) is 2.91. The number of halogens is 1. The fourth-order valence-corrected chi connectivity index (χ4v) is 2.90. The van der Waals surface area contributed by atoms with Gasteiger partial charge in [-0.3, -0.25) is 0 Å². The number of benzene rings is 2. The lowest BCUT2D eigenvalue weighted by Gasteiger charge is -2.04. The average molecular weight is 268 g/mol. The first-order valence-corrected chi connectivity index (χ1v) is 6.66. The third-order valence-corrected chi connectivity index (χ3v) is 3.84. The van der Waals surface area contributed by atoms with Gasteiger partial charge < -0.3 is 0 Å². The molecule has 0 fully saturated rings. The standard InChI is InChI=1S/C15H9FN2S/c16-14-6-5-13(11-3-1-2-4-12(11)14)15-18-10(7-8-17)9-19-15/h1-6,9H,7H2. The molecular formula is C15H9FN2S. The molecule has 0 bridgehead atoms. The third kappa shape index (κ3) is 2.09. The normalized spacial score (nSPS) is 10.5. The van der Waals surface area contributed by atoms with Crippen LogP contribution in [0, 0.1) is 17.1 Å². The summed E-state index contributed by atoms with van der Waals surface area (Å²) >= 11 is 1.48. The summed E-state index contributed by atoms with van der Waals surface area (Å²) in [6.07, 6.45) is 0.301. The van der Waals surface area contributed by atoms with Crippen molar-refractivity contribution in [2.75, 3.05) is 0 Å². The molecule has 1 heterocycles. The molecule has 0 aliphatic carbocycles. The molecule has 3 rings (SSSR count). The van der Waals surface area contributed by atoms with E-state index in [9.17, 15) is 4.39 Å². The van der Waals surface area contributed by atoms with Gasteiger partial charge in [0.15, 0.2) is 0 Å². The van der Waals surface area contributed by atoms with Crippen LogP contribution in [0.5, 0.6) is 0 Å². The minimum Gasteiger partial charge on any atom is -0.240 e. The highest BCUT2D eigenvalue weighted by Crippen LogP contribution is 2.32. The van der Waals surface area contributed by atoms with Gasteiger partial charge in [0.25, 0.3) is 0 Å². The van der Waals surface area contributed by atoms with E-state index in [-0.39, 0.29) is 5.82 Å². The molecule has 3 aromatic rings. The monoisotopic (exact) mass is 268 g/mol. The van der Waals surface area contributed by atoms with Gasteiger partial charge >= 0.3 is 0 Å². The highest BCUT2D eigenvalue weighted by molar-refractivity contribution is 7.13. The summed E-state index contributed by atoms with van der Waals surface area (Å²) in [5.74, 6) is -0.229. The first-order valence-electron chi connectivity index (χ1n) is 5.78. The molecule has 0 spiro atoms. The summed E-state index contributed by atoms with van der Waals surface area (Å²) in [7, 11) is 0. The van der Waals surface area contributed by atoms with Crippen LogP contribution >= 0.6 is 11.3 Å². The zero-order valence-corrected chi connectivity index (χ0v) is 10.7. The minimum absolute atomic E-state index is 0.229. The predicted octanol–water partition coefficient (Wildman–Crippen LogP) is 4.17. The first kappa shape index (κ1) is 11.8. The number of fused-ring (bicyclic) bond motifs is 1. The van der Waals surface area contributed by atoms with E-state index in [1.54, 1.807) is 12.1 Å². The summed E-state index contributed by atoms with van der Waals surface area (Å²) in [5.41, 5.74) is 1.67. The second kappa shape index (κ2) is 4.79. The number of nitrogens with zero attached hydrogens (tertiary/aromatic N) is 2. The molecule has 0 amide bonds. The van der Waals surface area contributed by atoms with Gasteiger partial charge in [-0.15, -0.1) is 11.3 Å². The van der Waals surface area contributed by atoms with Crippen molar-refractivity contribution in [3.8, 4) is 16.6 Å². The van der Waals surface area contributed by atoms with Crippen LogP contribution in [0.4, 0.5) is 4.39 Å². The average Bonchev–Trinajstić information content (AvgIpc) is 2.88. The van der Waals surface area contributed by atoms with Gasteiger partial charge in [0.05, 0.1) is 18.2 Å². The Morgan fingerprint density at radius 2 is 1.95 bits per heavy atom. The molecule has 0 radical (unpaired) electrons. The van der Waals surface area contributed by atoms with Crippen LogP contribution in [0.1, 0.15) is 5.69 Å². The molecule has 0 atom stereocenters. The van der Waals surface area contributed by atoms with Crippen molar-refractivity contribution in [3.05, 3.63) is 53.3 Å². The number of nitriles is 1. The molecule has 92 valence electrons. The Bertz CT molecular complexity index is 786. The highest BCUT2D eigenvalue weighted by Gasteiger charge is 2.10. The van der Waals surface area contributed by atoms with Gasteiger partial charge in [0, 0.05) is 16.3 Å². The number of hydrogen-bond donors (Lipinski definition) is 0. The zero-order valence-electron chi connectivity index (χ0n) is 9.93. The van der Waals surface area contributed by atoms with Gasteiger partial charge in [0.1, 0.15) is 10.8 Å². The Labute approximate surface area is 113 Å². The number of rotatable bonds is 2. The van der Waals surface area contributed by atoms with Crippen molar-refractivity contribution in [2.24, 2.45) is 0 Å². The molecule has 0 N–H and O–H groups in total. The van der Waals surface area contributed by atoms with E-state index in [2.05, 4.69) is 11.1 Å². The molecule has 0 saturated carbocycles. The van der Waals surface area contributed by atoms with Crippen molar-refractivity contribution in [1.29, 1.82) is 5.26 Å². The van der Waals surface area contributed by atoms with Crippen LogP contribution in [-0.4, -0.2) is 4.98 Å². The van der Waals surface area contributed by atoms with Crippen molar-refractivity contribution in [1.82, 2.24) is 4.98 Å². The van der Waals surface area contributed by atoms with E-state index < -0.39 is 0 Å². The molecule has 1 aromatic heterocycles. The van der Waals surface area contributed by atoms with Crippen molar-refractivity contribution in [3.63, 3.8) is 0 Å². The van der Waals surface area contributed by atoms with Crippen LogP contribution < -0.4 is 0 Å². The first-order chi connectivity index (χ1) is 9.29. The van der Waals surface area contributed by atoms with Gasteiger partial charge in [-0.25, -0.2) is 9.37 Å². The maximum atomic E-state index is 13.7. The molecule has 2 aromatic carbocycles. The number of thiazole rings is 1. The van der Waals surface area contributed by atoms with Crippen molar-refractivity contribution >= 4 is 22.1 Å². The van der Waals surface area contributed by atoms with Crippen molar-refractivity contribution < 1.29 is 4.39 Å². The topological polar surface area (TPSA) is 36.7 Å². The van der Waals surface area contributed by atoms with Crippen LogP contribution in [0.2, 0.25) is 0 Å². The van der Waals surface area contributed by atoms with Gasteiger partial charge in [-0.05, 0) is 17.5 Å². The van der Waals surface area contributed by atoms with E-state index >= 15 is 0 Å². The lowest BCUT2D eigenvalue weighted by atomic mass is 10.0. The number of hydrogen-bond acceptors (Lipinski definition) is 3. The molecule has 0 saturated heterocycles. The fourth-order valence-electron chi connectivity index (χ4n) is 2.04. The van der Waals surface area contributed by atoms with E-state index in [1.807, 2.05) is 23.6 Å². The summed E-state index contributed by atoms with van der Waals surface area (Å²) in [6.45, 7) is 0. The van der Waals surface area contributed by atoms with Crippen molar-refractivity contribution in [2.45, 2.75) is 6.42 Å². The lowest BCUT2D eigenvalue weighted by Crippen LogP contribution is -1.86. The quantitative estimate of drug-likeness (QED) is 0.699. The predicted molar refractivity (Wildman–Crippen MR) is 74.3 cm³/mol. The summed E-state index contributed by atoms with van der Waals surface area (Å²) in [5, 5.41) is 12.8. The van der Waals surface area contributed by atoms with Crippen LogP contribution in [0.3, 0.4) is 0 Å². The Morgan fingerprint density at radius 1 is 1.16 bits per heavy atom. The van der Waals surface area contributed by atoms with Crippen LogP contribution in [0.15, 0.2) is 41.8 Å². The molecule has 19 heavy (non-hydrogen) atoms. The van der Waals surface area contributed by atoms with E-state index in [0.717, 1.165) is 21.7 Å². The fraction of sp³-hybridized carbons (Fsp3) is 0.0667. The molecule has 0 unspecified atom stereocenters. The molecule has 0 aliphatic heterocycles.